The van der Waals surface area contributed by atoms with Gasteiger partial charge in [0, 0.05) is 13.1 Å². The fraction of sp³-hybridized carbons (Fsp3) is 0.333. The van der Waals surface area contributed by atoms with E-state index >= 15 is 0 Å². The van der Waals surface area contributed by atoms with Crippen molar-refractivity contribution in [3.63, 3.8) is 0 Å². The summed E-state index contributed by atoms with van der Waals surface area (Å²) in [6, 6.07) is 18.2. The molecule has 1 aromatic heterocycles. The molecule has 1 heterocycles. The van der Waals surface area contributed by atoms with Gasteiger partial charge in [-0.25, -0.2) is 4.68 Å². The van der Waals surface area contributed by atoms with Gasteiger partial charge in [-0.15, -0.1) is 0 Å². The monoisotopic (exact) mass is 390 g/mol. The number of nitrogens with zero attached hydrogens (tertiary/aromatic N) is 3. The number of para-hydroxylation sites is 1. The third-order valence-corrected chi connectivity index (χ3v) is 5.30. The summed E-state index contributed by atoms with van der Waals surface area (Å²) in [4.78, 5) is 15.3. The van der Waals surface area contributed by atoms with Gasteiger partial charge in [0.15, 0.2) is 0 Å². The van der Waals surface area contributed by atoms with Crippen LogP contribution in [0.5, 0.6) is 0 Å². The molecule has 5 nitrogen and oxygen atoms in total. The van der Waals surface area contributed by atoms with E-state index in [4.69, 9.17) is 0 Å². The van der Waals surface area contributed by atoms with Crippen molar-refractivity contribution in [2.75, 3.05) is 13.1 Å². The molecule has 1 N–H and O–H groups in total. The summed E-state index contributed by atoms with van der Waals surface area (Å²) in [5.74, 6) is -0.0818. The summed E-state index contributed by atoms with van der Waals surface area (Å²) >= 11 is 0. The molecule has 0 spiro atoms. The van der Waals surface area contributed by atoms with E-state index in [0.29, 0.717) is 12.1 Å². The number of amides is 1. The summed E-state index contributed by atoms with van der Waals surface area (Å²) in [6.07, 6.45) is 2.40. The van der Waals surface area contributed by atoms with E-state index in [2.05, 4.69) is 47.4 Å². The average Bonchev–Trinajstić information content (AvgIpc) is 3.21. The molecule has 29 heavy (non-hydrogen) atoms. The Bertz CT molecular complexity index is 929. The highest BCUT2D eigenvalue weighted by molar-refractivity contribution is 5.95. The van der Waals surface area contributed by atoms with Gasteiger partial charge in [-0.2, -0.15) is 5.10 Å². The van der Waals surface area contributed by atoms with Gasteiger partial charge in [0.2, 0.25) is 0 Å². The lowest BCUT2D eigenvalue weighted by Crippen LogP contribution is -2.26. The molecular formula is C24H30N4O. The van der Waals surface area contributed by atoms with E-state index in [1.165, 1.54) is 5.56 Å². The predicted octanol–water partition coefficient (Wildman–Crippen LogP) is 4.21. The van der Waals surface area contributed by atoms with Crippen LogP contribution in [0.1, 0.15) is 48.0 Å². The standard InChI is InChI=1S/C24H30N4O/c1-4-23-22(17-26-28(23)21-14-8-7-9-15-21)24(29)25-16-19-12-10-11-13-20(19)18-27(5-2)6-3/h7-15,17H,4-6,16,18H2,1-3H3,(H,25,29). The van der Waals surface area contributed by atoms with Gasteiger partial charge in [0.25, 0.3) is 5.91 Å². The highest BCUT2D eigenvalue weighted by Gasteiger charge is 2.17. The van der Waals surface area contributed by atoms with Crippen molar-refractivity contribution in [1.82, 2.24) is 20.0 Å². The van der Waals surface area contributed by atoms with Crippen LogP contribution >= 0.6 is 0 Å². The molecule has 1 amide bonds. The first kappa shape index (κ1) is 20.8. The molecule has 0 atom stereocenters. The molecule has 5 heteroatoms. The lowest BCUT2D eigenvalue weighted by atomic mass is 10.1. The predicted molar refractivity (Wildman–Crippen MR) is 117 cm³/mol. The summed E-state index contributed by atoms with van der Waals surface area (Å²) in [7, 11) is 0. The van der Waals surface area contributed by atoms with Gasteiger partial charge in [-0.05, 0) is 42.8 Å². The van der Waals surface area contributed by atoms with Crippen LogP contribution in [0.15, 0.2) is 60.8 Å². The normalized spacial score (nSPS) is 11.0. The Morgan fingerprint density at radius 3 is 2.28 bits per heavy atom. The van der Waals surface area contributed by atoms with Gasteiger partial charge in [-0.3, -0.25) is 9.69 Å². The van der Waals surface area contributed by atoms with E-state index in [1.54, 1.807) is 6.20 Å². The summed E-state index contributed by atoms with van der Waals surface area (Å²) < 4.78 is 1.85. The second-order valence-electron chi connectivity index (χ2n) is 7.02. The van der Waals surface area contributed by atoms with Crippen LogP contribution in [0.3, 0.4) is 0 Å². The van der Waals surface area contributed by atoms with E-state index in [9.17, 15) is 4.79 Å². The van der Waals surface area contributed by atoms with Crippen molar-refractivity contribution in [3.05, 3.63) is 83.2 Å². The Kier molecular flexibility index (Phi) is 7.19. The van der Waals surface area contributed by atoms with Gasteiger partial charge < -0.3 is 5.32 Å². The molecular weight excluding hydrogens is 360 g/mol. The number of hydrogen-bond donors (Lipinski definition) is 1. The highest BCUT2D eigenvalue weighted by Crippen LogP contribution is 2.17. The molecule has 0 fully saturated rings. The zero-order chi connectivity index (χ0) is 20.6. The van der Waals surface area contributed by atoms with Crippen molar-refractivity contribution in [2.45, 2.75) is 40.3 Å². The second-order valence-corrected chi connectivity index (χ2v) is 7.02. The van der Waals surface area contributed by atoms with Crippen LogP contribution in [-0.2, 0) is 19.5 Å². The number of carbonyl (C=O) groups excluding carboxylic acids is 1. The summed E-state index contributed by atoms with van der Waals surface area (Å²) in [5, 5.41) is 7.56. The van der Waals surface area contributed by atoms with Crippen LogP contribution in [-0.4, -0.2) is 33.7 Å². The van der Waals surface area contributed by atoms with Crippen LogP contribution in [0, 0.1) is 0 Å². The summed E-state index contributed by atoms with van der Waals surface area (Å²) in [6.45, 7) is 9.81. The number of carbonyl (C=O) groups is 1. The zero-order valence-electron chi connectivity index (χ0n) is 17.6. The Hall–Kier alpha value is -2.92. The molecule has 2 aromatic carbocycles. The molecule has 0 saturated carbocycles. The Morgan fingerprint density at radius 2 is 1.62 bits per heavy atom. The molecule has 3 rings (SSSR count). The van der Waals surface area contributed by atoms with E-state index < -0.39 is 0 Å². The van der Waals surface area contributed by atoms with Crippen molar-refractivity contribution in [1.29, 1.82) is 0 Å². The first-order chi connectivity index (χ1) is 14.2. The highest BCUT2D eigenvalue weighted by atomic mass is 16.1. The first-order valence-corrected chi connectivity index (χ1v) is 10.4. The number of hydrogen-bond acceptors (Lipinski definition) is 3. The van der Waals surface area contributed by atoms with Gasteiger partial charge >= 0.3 is 0 Å². The van der Waals surface area contributed by atoms with Crippen LogP contribution in [0.2, 0.25) is 0 Å². The van der Waals surface area contributed by atoms with Crippen molar-refractivity contribution in [2.24, 2.45) is 0 Å². The van der Waals surface area contributed by atoms with Gasteiger partial charge in [-0.1, -0.05) is 63.2 Å². The van der Waals surface area contributed by atoms with Crippen molar-refractivity contribution < 1.29 is 4.79 Å². The lowest BCUT2D eigenvalue weighted by molar-refractivity contribution is 0.0950. The Morgan fingerprint density at radius 1 is 0.966 bits per heavy atom. The Labute approximate surface area is 173 Å². The van der Waals surface area contributed by atoms with Crippen molar-refractivity contribution >= 4 is 5.91 Å². The zero-order valence-corrected chi connectivity index (χ0v) is 17.6. The molecule has 0 unspecified atom stereocenters. The molecule has 0 saturated heterocycles. The van der Waals surface area contributed by atoms with E-state index in [-0.39, 0.29) is 5.91 Å². The quantitative estimate of drug-likeness (QED) is 0.595. The first-order valence-electron chi connectivity index (χ1n) is 10.4. The number of nitrogens with one attached hydrogen (secondary N) is 1. The molecule has 152 valence electrons. The fourth-order valence-corrected chi connectivity index (χ4v) is 3.54. The minimum absolute atomic E-state index is 0.0818. The maximum Gasteiger partial charge on any atom is 0.255 e. The molecule has 0 aliphatic carbocycles. The van der Waals surface area contributed by atoms with Gasteiger partial charge in [0.05, 0.1) is 23.1 Å². The Balaban J connectivity index is 1.75. The minimum Gasteiger partial charge on any atom is -0.348 e. The summed E-state index contributed by atoms with van der Waals surface area (Å²) in [5.41, 5.74) is 4.93. The number of rotatable bonds is 9. The smallest absolute Gasteiger partial charge is 0.255 e. The third kappa shape index (κ3) is 4.93. The maximum absolute atomic E-state index is 12.9. The van der Waals surface area contributed by atoms with Crippen LogP contribution in [0.25, 0.3) is 5.69 Å². The van der Waals surface area contributed by atoms with E-state index in [0.717, 1.165) is 43.0 Å². The molecule has 0 aliphatic heterocycles. The van der Waals surface area contributed by atoms with Crippen LogP contribution in [0.4, 0.5) is 0 Å². The maximum atomic E-state index is 12.9. The SMILES string of the molecule is CCc1c(C(=O)NCc2ccccc2CN(CC)CC)cnn1-c1ccccc1. The largest absolute Gasteiger partial charge is 0.348 e. The number of aromatic nitrogens is 2. The second kappa shape index (κ2) is 10.0. The molecule has 0 radical (unpaired) electrons. The van der Waals surface area contributed by atoms with Gasteiger partial charge in [0.1, 0.15) is 0 Å². The average molecular weight is 391 g/mol. The molecule has 0 aliphatic rings. The fourth-order valence-electron chi connectivity index (χ4n) is 3.54. The number of benzene rings is 2. The molecule has 3 aromatic rings. The molecule has 0 bridgehead atoms. The van der Waals surface area contributed by atoms with Crippen molar-refractivity contribution in [3.8, 4) is 5.69 Å². The lowest BCUT2D eigenvalue weighted by Gasteiger charge is -2.20. The third-order valence-electron chi connectivity index (χ3n) is 5.30. The minimum atomic E-state index is -0.0818. The topological polar surface area (TPSA) is 50.2 Å². The van der Waals surface area contributed by atoms with Crippen LogP contribution < -0.4 is 5.32 Å². The van der Waals surface area contributed by atoms with E-state index in [1.807, 2.05) is 48.0 Å².